The van der Waals surface area contributed by atoms with Crippen LogP contribution in [0.3, 0.4) is 0 Å². The van der Waals surface area contributed by atoms with Gasteiger partial charge in [0.25, 0.3) is 0 Å². The van der Waals surface area contributed by atoms with Gasteiger partial charge in [0.2, 0.25) is 5.91 Å². The number of rotatable bonds is 3. The van der Waals surface area contributed by atoms with Crippen LogP contribution >= 0.6 is 22.9 Å². The summed E-state index contributed by atoms with van der Waals surface area (Å²) < 4.78 is 0. The second-order valence-corrected chi connectivity index (χ2v) is 4.62. The average molecular weight is 265 g/mol. The molecule has 3 nitrogen and oxygen atoms in total. The highest BCUT2D eigenvalue weighted by Gasteiger charge is 1.98. The van der Waals surface area contributed by atoms with Crippen molar-refractivity contribution < 1.29 is 4.79 Å². The van der Waals surface area contributed by atoms with Crippen molar-refractivity contribution in [3.05, 3.63) is 51.8 Å². The number of carbonyl (C=O) groups excluding carboxylic acids is 1. The van der Waals surface area contributed by atoms with E-state index in [1.54, 1.807) is 29.5 Å². The van der Waals surface area contributed by atoms with Gasteiger partial charge in [-0.1, -0.05) is 17.7 Å². The Balaban J connectivity index is 1.95. The van der Waals surface area contributed by atoms with E-state index in [4.69, 9.17) is 11.6 Å². The molecular formula is C12H9ClN2OS. The topological polar surface area (TPSA) is 42.0 Å². The second-order valence-electron chi connectivity index (χ2n) is 3.20. The molecule has 0 unspecified atom stereocenters. The predicted octanol–water partition coefficient (Wildman–Crippen LogP) is 3.45. The van der Waals surface area contributed by atoms with Crippen LogP contribution in [-0.2, 0) is 4.79 Å². The lowest BCUT2D eigenvalue weighted by atomic mass is 10.4. The van der Waals surface area contributed by atoms with E-state index in [9.17, 15) is 4.79 Å². The minimum atomic E-state index is -0.215. The molecule has 17 heavy (non-hydrogen) atoms. The second kappa shape index (κ2) is 5.61. The van der Waals surface area contributed by atoms with E-state index in [1.165, 1.54) is 12.3 Å². The number of nitrogens with one attached hydrogen (secondary N) is 1. The first-order valence-corrected chi connectivity index (χ1v) is 6.14. The number of nitrogens with zero attached hydrogens (tertiary/aromatic N) is 1. The summed E-state index contributed by atoms with van der Waals surface area (Å²) in [5, 5.41) is 5.14. The van der Waals surface area contributed by atoms with Gasteiger partial charge in [-0.2, -0.15) is 0 Å². The van der Waals surface area contributed by atoms with E-state index < -0.39 is 0 Å². The summed E-state index contributed by atoms with van der Waals surface area (Å²) in [6.45, 7) is 0. The van der Waals surface area contributed by atoms with E-state index in [0.29, 0.717) is 10.8 Å². The number of anilines is 1. The summed E-state index contributed by atoms with van der Waals surface area (Å²) in [5.74, 6) is 0.267. The number of hydrogen-bond donors (Lipinski definition) is 1. The molecule has 0 aliphatic rings. The van der Waals surface area contributed by atoms with Gasteiger partial charge in [0, 0.05) is 17.2 Å². The number of thiophene rings is 1. The summed E-state index contributed by atoms with van der Waals surface area (Å²) in [7, 11) is 0. The van der Waals surface area contributed by atoms with Crippen molar-refractivity contribution in [1.29, 1.82) is 0 Å². The lowest BCUT2D eigenvalue weighted by Gasteiger charge is -1.99. The van der Waals surface area contributed by atoms with Crippen LogP contribution in [0.2, 0.25) is 5.02 Å². The Hall–Kier alpha value is -1.65. The standard InChI is InChI=1S/C12H9ClN2OS/c13-9-3-5-11(14-8-9)15-12(16)6-4-10-2-1-7-17-10/h1-8H,(H,14,15,16)/b6-4+. The number of pyridine rings is 1. The van der Waals surface area contributed by atoms with Gasteiger partial charge in [0.15, 0.2) is 0 Å². The van der Waals surface area contributed by atoms with Crippen molar-refractivity contribution in [2.24, 2.45) is 0 Å². The van der Waals surface area contributed by atoms with E-state index in [2.05, 4.69) is 10.3 Å². The van der Waals surface area contributed by atoms with Gasteiger partial charge in [0.05, 0.1) is 5.02 Å². The highest BCUT2D eigenvalue weighted by Crippen LogP contribution is 2.11. The normalized spacial score (nSPS) is 10.6. The quantitative estimate of drug-likeness (QED) is 0.863. The van der Waals surface area contributed by atoms with Crippen molar-refractivity contribution in [1.82, 2.24) is 4.98 Å². The lowest BCUT2D eigenvalue weighted by molar-refractivity contribution is -0.111. The number of hydrogen-bond acceptors (Lipinski definition) is 3. The predicted molar refractivity (Wildman–Crippen MR) is 71.2 cm³/mol. The van der Waals surface area contributed by atoms with Crippen LogP contribution in [0, 0.1) is 0 Å². The fourth-order valence-corrected chi connectivity index (χ4v) is 1.89. The third-order valence-corrected chi connectivity index (χ3v) is 2.98. The number of aromatic nitrogens is 1. The molecule has 86 valence electrons. The highest BCUT2D eigenvalue weighted by molar-refractivity contribution is 7.10. The van der Waals surface area contributed by atoms with Crippen LogP contribution in [0.15, 0.2) is 41.9 Å². The molecular weight excluding hydrogens is 256 g/mol. The van der Waals surface area contributed by atoms with Gasteiger partial charge in [0.1, 0.15) is 5.82 Å². The molecule has 0 atom stereocenters. The van der Waals surface area contributed by atoms with Crippen LogP contribution in [0.4, 0.5) is 5.82 Å². The third kappa shape index (κ3) is 3.69. The van der Waals surface area contributed by atoms with Gasteiger partial charge < -0.3 is 5.32 Å². The van der Waals surface area contributed by atoms with E-state index >= 15 is 0 Å². The summed E-state index contributed by atoms with van der Waals surface area (Å²) >= 11 is 7.26. The molecule has 5 heteroatoms. The Kier molecular flexibility index (Phi) is 3.90. The van der Waals surface area contributed by atoms with E-state index in [-0.39, 0.29) is 5.91 Å². The first-order chi connectivity index (χ1) is 8.24. The third-order valence-electron chi connectivity index (χ3n) is 1.92. The average Bonchev–Trinajstić information content (AvgIpc) is 2.83. The summed E-state index contributed by atoms with van der Waals surface area (Å²) in [6.07, 6.45) is 4.72. The fourth-order valence-electron chi connectivity index (χ4n) is 1.16. The molecule has 2 aromatic heterocycles. The molecule has 1 N–H and O–H groups in total. The minimum Gasteiger partial charge on any atom is -0.307 e. The molecule has 2 rings (SSSR count). The number of amides is 1. The molecule has 0 aliphatic carbocycles. The fraction of sp³-hybridized carbons (Fsp3) is 0. The molecule has 0 spiro atoms. The SMILES string of the molecule is O=C(/C=C/c1cccs1)Nc1ccc(Cl)cn1. The Bertz CT molecular complexity index is 520. The van der Waals surface area contributed by atoms with Crippen LogP contribution in [0.1, 0.15) is 4.88 Å². The molecule has 1 amide bonds. The molecule has 0 bridgehead atoms. The Morgan fingerprint density at radius 2 is 2.29 bits per heavy atom. The maximum absolute atomic E-state index is 11.5. The van der Waals surface area contributed by atoms with Gasteiger partial charge in [-0.05, 0) is 29.7 Å². The largest absolute Gasteiger partial charge is 0.307 e. The van der Waals surface area contributed by atoms with E-state index in [0.717, 1.165) is 4.88 Å². The first-order valence-electron chi connectivity index (χ1n) is 4.88. The summed E-state index contributed by atoms with van der Waals surface area (Å²) in [4.78, 5) is 16.5. The maximum atomic E-state index is 11.5. The zero-order valence-electron chi connectivity index (χ0n) is 8.76. The van der Waals surface area contributed by atoms with Crippen LogP contribution in [0.25, 0.3) is 6.08 Å². The monoisotopic (exact) mass is 264 g/mol. The molecule has 0 aliphatic heterocycles. The Labute approximate surface area is 108 Å². The first kappa shape index (κ1) is 11.8. The summed E-state index contributed by atoms with van der Waals surface area (Å²) in [6, 6.07) is 7.20. The Morgan fingerprint density at radius 3 is 2.94 bits per heavy atom. The van der Waals surface area contributed by atoms with Gasteiger partial charge >= 0.3 is 0 Å². The molecule has 0 saturated heterocycles. The maximum Gasteiger partial charge on any atom is 0.249 e. The molecule has 0 aromatic carbocycles. The van der Waals surface area contributed by atoms with Crippen molar-refractivity contribution in [2.75, 3.05) is 5.32 Å². The highest BCUT2D eigenvalue weighted by atomic mass is 35.5. The zero-order chi connectivity index (χ0) is 12.1. The molecule has 0 fully saturated rings. The minimum absolute atomic E-state index is 0.215. The zero-order valence-corrected chi connectivity index (χ0v) is 10.3. The van der Waals surface area contributed by atoms with Crippen LogP contribution in [0.5, 0.6) is 0 Å². The van der Waals surface area contributed by atoms with Crippen LogP contribution < -0.4 is 5.32 Å². The van der Waals surface area contributed by atoms with Crippen molar-refractivity contribution >= 4 is 40.7 Å². The van der Waals surface area contributed by atoms with Gasteiger partial charge in [-0.15, -0.1) is 11.3 Å². The molecule has 2 heterocycles. The smallest absolute Gasteiger partial charge is 0.249 e. The van der Waals surface area contributed by atoms with Crippen molar-refractivity contribution in [3.63, 3.8) is 0 Å². The molecule has 0 saturated carbocycles. The Morgan fingerprint density at radius 1 is 1.41 bits per heavy atom. The van der Waals surface area contributed by atoms with Gasteiger partial charge in [-0.3, -0.25) is 4.79 Å². The lowest BCUT2D eigenvalue weighted by Crippen LogP contribution is -2.08. The van der Waals surface area contributed by atoms with Gasteiger partial charge in [-0.25, -0.2) is 4.98 Å². The number of halogens is 1. The summed E-state index contributed by atoms with van der Waals surface area (Å²) in [5.41, 5.74) is 0. The van der Waals surface area contributed by atoms with Crippen molar-refractivity contribution in [3.8, 4) is 0 Å². The van der Waals surface area contributed by atoms with E-state index in [1.807, 2.05) is 17.5 Å². The molecule has 2 aromatic rings. The number of carbonyl (C=O) groups is 1. The van der Waals surface area contributed by atoms with Crippen LogP contribution in [-0.4, -0.2) is 10.9 Å². The van der Waals surface area contributed by atoms with Crippen molar-refractivity contribution in [2.45, 2.75) is 0 Å². The molecule has 0 radical (unpaired) electrons.